The number of aliphatic hydroxyl groups excluding tert-OH is 2. The Kier molecular flexibility index (Phi) is 6.02. The van der Waals surface area contributed by atoms with E-state index in [1.807, 2.05) is 27.7 Å². The van der Waals surface area contributed by atoms with Gasteiger partial charge in [-0.15, -0.1) is 0 Å². The van der Waals surface area contributed by atoms with Gasteiger partial charge in [0.25, 0.3) is 0 Å². The van der Waals surface area contributed by atoms with Gasteiger partial charge in [-0.3, -0.25) is 4.98 Å². The highest BCUT2D eigenvalue weighted by molar-refractivity contribution is 5.55. The highest BCUT2D eigenvalue weighted by Gasteiger charge is 2.54. The number of alkyl halides is 3. The Hall–Kier alpha value is -2.07. The molecule has 0 radical (unpaired) electrons. The minimum absolute atomic E-state index is 0.0116. The van der Waals surface area contributed by atoms with Crippen molar-refractivity contribution in [3.63, 3.8) is 0 Å². The van der Waals surface area contributed by atoms with Crippen LogP contribution in [0.15, 0.2) is 18.2 Å². The number of aromatic nitrogens is 1. The van der Waals surface area contributed by atoms with Gasteiger partial charge in [0.05, 0.1) is 23.0 Å². The van der Waals surface area contributed by atoms with E-state index in [0.717, 1.165) is 12.1 Å². The van der Waals surface area contributed by atoms with Gasteiger partial charge < -0.3 is 19.7 Å². The van der Waals surface area contributed by atoms with Crippen LogP contribution in [0.2, 0.25) is 0 Å². The topological polar surface area (TPSA) is 71.8 Å². The van der Waals surface area contributed by atoms with Crippen molar-refractivity contribution in [1.82, 2.24) is 4.98 Å². The largest absolute Gasteiger partial charge is 0.416 e. The van der Waals surface area contributed by atoms with Gasteiger partial charge in [0, 0.05) is 48.4 Å². The molecule has 3 heterocycles. The molecule has 1 aliphatic carbocycles. The van der Waals surface area contributed by atoms with Crippen molar-refractivity contribution < 1.29 is 37.2 Å². The van der Waals surface area contributed by atoms with Crippen LogP contribution in [0.5, 0.6) is 0 Å². The van der Waals surface area contributed by atoms with Crippen molar-refractivity contribution in [3.05, 3.63) is 63.2 Å². The van der Waals surface area contributed by atoms with E-state index < -0.39 is 46.9 Å². The first-order valence-corrected chi connectivity index (χ1v) is 12.3. The average Bonchev–Trinajstić information content (AvgIpc) is 3.10. The summed E-state index contributed by atoms with van der Waals surface area (Å²) in [7, 11) is 0. The number of pyridine rings is 1. The summed E-state index contributed by atoms with van der Waals surface area (Å²) in [5.41, 5.74) is 0.0947. The minimum atomic E-state index is -4.67. The van der Waals surface area contributed by atoms with E-state index >= 15 is 4.39 Å². The Labute approximate surface area is 207 Å². The first-order valence-electron chi connectivity index (χ1n) is 12.3. The molecule has 0 bridgehead atoms. The number of rotatable bonds is 2. The molecule has 36 heavy (non-hydrogen) atoms. The lowest BCUT2D eigenvalue weighted by molar-refractivity contribution is -0.138. The lowest BCUT2D eigenvalue weighted by Gasteiger charge is -2.42. The fraction of sp³-hybridized carbons (Fsp3) is 0.593. The van der Waals surface area contributed by atoms with Crippen LogP contribution in [-0.4, -0.2) is 28.4 Å². The SMILES string of the molecule is CC(C)c1nc2c(c3c1[C@@H](c1ccc(C(F)(F)F)cc1F)OC31CCOCC1)[C@@H](O)CC(C)(C)[C@@H]2O. The van der Waals surface area contributed by atoms with Gasteiger partial charge >= 0.3 is 6.18 Å². The van der Waals surface area contributed by atoms with Crippen LogP contribution in [0.25, 0.3) is 0 Å². The van der Waals surface area contributed by atoms with Crippen LogP contribution in [0.1, 0.15) is 110 Å². The molecule has 196 valence electrons. The Balaban J connectivity index is 1.79. The zero-order valence-electron chi connectivity index (χ0n) is 20.7. The van der Waals surface area contributed by atoms with Gasteiger partial charge in [0.1, 0.15) is 18.0 Å². The molecule has 9 heteroatoms. The van der Waals surface area contributed by atoms with Gasteiger partial charge in [-0.2, -0.15) is 13.2 Å². The summed E-state index contributed by atoms with van der Waals surface area (Å²) in [5, 5.41) is 22.6. The van der Waals surface area contributed by atoms with Crippen molar-refractivity contribution in [1.29, 1.82) is 0 Å². The second kappa shape index (κ2) is 8.48. The third-order valence-corrected chi connectivity index (χ3v) is 7.90. The second-order valence-electron chi connectivity index (χ2n) is 11.2. The molecular weight excluding hydrogens is 478 g/mol. The normalized spacial score (nSPS) is 26.8. The quantitative estimate of drug-likeness (QED) is 0.487. The maximum absolute atomic E-state index is 15.3. The summed E-state index contributed by atoms with van der Waals surface area (Å²) >= 11 is 0. The van der Waals surface area contributed by atoms with Crippen molar-refractivity contribution in [2.24, 2.45) is 5.41 Å². The van der Waals surface area contributed by atoms with Gasteiger partial charge in [0.15, 0.2) is 0 Å². The first-order chi connectivity index (χ1) is 16.8. The van der Waals surface area contributed by atoms with Gasteiger partial charge in [-0.1, -0.05) is 33.8 Å². The average molecular weight is 510 g/mol. The molecule has 1 aromatic carbocycles. The molecular formula is C27H31F4NO4. The Bertz CT molecular complexity index is 1190. The summed E-state index contributed by atoms with van der Waals surface area (Å²) in [6, 6.07) is 2.48. The third-order valence-electron chi connectivity index (χ3n) is 7.90. The number of hydrogen-bond acceptors (Lipinski definition) is 5. The fourth-order valence-electron chi connectivity index (χ4n) is 6.02. The molecule has 3 aliphatic rings. The molecule has 0 saturated carbocycles. The second-order valence-corrected chi connectivity index (χ2v) is 11.2. The van der Waals surface area contributed by atoms with E-state index in [1.165, 1.54) is 0 Å². The monoisotopic (exact) mass is 509 g/mol. The van der Waals surface area contributed by atoms with E-state index in [9.17, 15) is 23.4 Å². The van der Waals surface area contributed by atoms with E-state index in [4.69, 9.17) is 14.5 Å². The molecule has 0 amide bonds. The van der Waals surface area contributed by atoms with Crippen LogP contribution in [-0.2, 0) is 21.3 Å². The van der Waals surface area contributed by atoms with E-state index in [1.54, 1.807) is 0 Å². The Morgan fingerprint density at radius 1 is 1.08 bits per heavy atom. The minimum Gasteiger partial charge on any atom is -0.388 e. The van der Waals surface area contributed by atoms with Crippen molar-refractivity contribution in [2.75, 3.05) is 13.2 Å². The van der Waals surface area contributed by atoms with Crippen LogP contribution in [0.3, 0.4) is 0 Å². The first kappa shape index (κ1) is 25.6. The summed E-state index contributed by atoms with van der Waals surface area (Å²) < 4.78 is 67.2. The molecule has 1 fully saturated rings. The predicted octanol–water partition coefficient (Wildman–Crippen LogP) is 5.98. The maximum atomic E-state index is 15.3. The molecule has 3 atom stereocenters. The van der Waals surface area contributed by atoms with Gasteiger partial charge in [-0.05, 0) is 35.4 Å². The van der Waals surface area contributed by atoms with E-state index in [0.29, 0.717) is 66.6 Å². The van der Waals surface area contributed by atoms with E-state index in [2.05, 4.69) is 0 Å². The number of aliphatic hydroxyl groups is 2. The van der Waals surface area contributed by atoms with Crippen LogP contribution in [0, 0.1) is 11.2 Å². The summed E-state index contributed by atoms with van der Waals surface area (Å²) in [6.07, 6.45) is -6.39. The van der Waals surface area contributed by atoms with Crippen molar-refractivity contribution in [2.45, 2.75) is 83.0 Å². The molecule has 5 rings (SSSR count). The molecule has 1 spiro atoms. The molecule has 2 aromatic rings. The van der Waals surface area contributed by atoms with Gasteiger partial charge in [0.2, 0.25) is 0 Å². The molecule has 1 aromatic heterocycles. The number of ether oxygens (including phenoxy) is 2. The van der Waals surface area contributed by atoms with Crippen molar-refractivity contribution in [3.8, 4) is 0 Å². The molecule has 0 unspecified atom stereocenters. The lowest BCUT2D eigenvalue weighted by atomic mass is 9.68. The number of nitrogens with zero attached hydrogens (tertiary/aromatic N) is 1. The Morgan fingerprint density at radius 2 is 1.75 bits per heavy atom. The zero-order chi connectivity index (χ0) is 26.2. The van der Waals surface area contributed by atoms with E-state index in [-0.39, 0.29) is 11.5 Å². The van der Waals surface area contributed by atoms with Crippen LogP contribution >= 0.6 is 0 Å². The predicted molar refractivity (Wildman–Crippen MR) is 123 cm³/mol. The van der Waals surface area contributed by atoms with Crippen molar-refractivity contribution >= 4 is 0 Å². The fourth-order valence-corrected chi connectivity index (χ4v) is 6.02. The highest BCUT2D eigenvalue weighted by atomic mass is 19.4. The summed E-state index contributed by atoms with van der Waals surface area (Å²) in [4.78, 5) is 4.83. The third kappa shape index (κ3) is 3.86. The Morgan fingerprint density at radius 3 is 2.33 bits per heavy atom. The van der Waals surface area contributed by atoms with Crippen LogP contribution in [0.4, 0.5) is 17.6 Å². The number of benzene rings is 1. The smallest absolute Gasteiger partial charge is 0.388 e. The molecule has 2 aliphatic heterocycles. The number of fused-ring (bicyclic) bond motifs is 4. The molecule has 2 N–H and O–H groups in total. The van der Waals surface area contributed by atoms with Crippen LogP contribution < -0.4 is 0 Å². The molecule has 5 nitrogen and oxygen atoms in total. The number of hydrogen-bond donors (Lipinski definition) is 2. The van der Waals surface area contributed by atoms with Gasteiger partial charge in [-0.25, -0.2) is 4.39 Å². The summed E-state index contributed by atoms with van der Waals surface area (Å²) in [5.74, 6) is -1.17. The zero-order valence-corrected chi connectivity index (χ0v) is 20.7. The lowest BCUT2D eigenvalue weighted by Crippen LogP contribution is -2.38. The highest BCUT2D eigenvalue weighted by Crippen LogP contribution is 2.59. The standard InChI is InChI=1S/C27H31F4NO4/c1-13(2)21-19-20(18-17(33)12-25(3,4)24(34)22(18)32-21)26(7-9-35-10-8-26)36-23(19)15-6-5-14(11-16(15)28)27(29,30)31/h5-6,11,13,17,23-24,33-34H,7-10,12H2,1-4H3/t17-,23+,24+/m0/s1. The molecule has 1 saturated heterocycles. The number of halogens is 4. The maximum Gasteiger partial charge on any atom is 0.416 e. The summed E-state index contributed by atoms with van der Waals surface area (Å²) in [6.45, 7) is 8.32.